The Kier molecular flexibility index (Phi) is 2.15. The first-order valence-electron chi connectivity index (χ1n) is 2.38. The maximum absolute atomic E-state index is 10.4. The van der Waals surface area contributed by atoms with Crippen molar-refractivity contribution in [2.24, 2.45) is 0 Å². The first-order valence-corrected chi connectivity index (χ1v) is 3.97. The van der Waals surface area contributed by atoms with Gasteiger partial charge in [0.25, 0.3) is 0 Å². The highest BCUT2D eigenvalue weighted by atomic mass is 79.9. The lowest BCUT2D eigenvalue weighted by molar-refractivity contribution is 0.0696. The quantitative estimate of drug-likeness (QED) is 0.821. The van der Waals surface area contributed by atoms with Gasteiger partial charge in [-0.25, -0.2) is 4.79 Å². The van der Waals surface area contributed by atoms with E-state index < -0.39 is 5.97 Å². The van der Waals surface area contributed by atoms with Crippen LogP contribution < -0.4 is 0 Å². The van der Waals surface area contributed by atoms with Crippen LogP contribution >= 0.6 is 31.9 Å². The van der Waals surface area contributed by atoms with Crippen LogP contribution in [0.1, 0.15) is 10.4 Å². The number of carboxylic acid groups (broad SMARTS) is 1. The highest BCUT2D eigenvalue weighted by molar-refractivity contribution is 9.11. The minimum absolute atomic E-state index is 0.229. The molecule has 0 aromatic carbocycles. The van der Waals surface area contributed by atoms with Gasteiger partial charge in [-0.2, -0.15) is 0 Å². The summed E-state index contributed by atoms with van der Waals surface area (Å²) in [7, 11) is 0. The number of H-pyrrole nitrogens is 1. The van der Waals surface area contributed by atoms with Gasteiger partial charge in [0.2, 0.25) is 0 Å². The zero-order chi connectivity index (χ0) is 7.72. The molecule has 5 heteroatoms. The molecule has 0 saturated heterocycles. The van der Waals surface area contributed by atoms with Gasteiger partial charge in [-0.1, -0.05) is 0 Å². The standard InChI is InChI=1S/C5H3Br2NO2/c6-3-1-2(5(9)10)4(7)8-3/h1,8H,(H,9,10). The van der Waals surface area contributed by atoms with E-state index in [9.17, 15) is 4.79 Å². The van der Waals surface area contributed by atoms with Crippen molar-refractivity contribution >= 4 is 37.8 Å². The molecular weight excluding hydrogens is 266 g/mol. The molecule has 0 saturated carbocycles. The van der Waals surface area contributed by atoms with Gasteiger partial charge in [-0.15, -0.1) is 0 Å². The first-order chi connectivity index (χ1) is 4.61. The molecule has 0 unspecified atom stereocenters. The molecule has 2 N–H and O–H groups in total. The highest BCUT2D eigenvalue weighted by Crippen LogP contribution is 2.20. The maximum atomic E-state index is 10.4. The van der Waals surface area contributed by atoms with Crippen LogP contribution in [0, 0.1) is 0 Å². The monoisotopic (exact) mass is 267 g/mol. The smallest absolute Gasteiger partial charge is 0.338 e. The largest absolute Gasteiger partial charge is 0.478 e. The molecule has 1 rings (SSSR count). The fourth-order valence-corrected chi connectivity index (χ4v) is 1.74. The zero-order valence-electron chi connectivity index (χ0n) is 4.69. The third-order valence-electron chi connectivity index (χ3n) is 0.967. The molecule has 3 nitrogen and oxygen atoms in total. The summed E-state index contributed by atoms with van der Waals surface area (Å²) in [6.07, 6.45) is 0. The van der Waals surface area contributed by atoms with E-state index in [-0.39, 0.29) is 5.56 Å². The summed E-state index contributed by atoms with van der Waals surface area (Å²) in [4.78, 5) is 13.1. The zero-order valence-corrected chi connectivity index (χ0v) is 7.86. The molecule has 0 radical (unpaired) electrons. The number of aromatic carboxylic acids is 1. The average Bonchev–Trinajstić information content (AvgIpc) is 2.10. The summed E-state index contributed by atoms with van der Waals surface area (Å²) in [5.41, 5.74) is 0.229. The van der Waals surface area contributed by atoms with Crippen LogP contribution in [0.3, 0.4) is 0 Å². The molecule has 0 aliphatic rings. The third-order valence-corrected chi connectivity index (χ3v) is 2.02. The number of carbonyl (C=O) groups is 1. The summed E-state index contributed by atoms with van der Waals surface area (Å²) < 4.78 is 1.13. The second-order valence-corrected chi connectivity index (χ2v) is 3.30. The second-order valence-electron chi connectivity index (χ2n) is 1.65. The Labute approximate surface area is 73.7 Å². The number of rotatable bonds is 1. The predicted molar refractivity (Wildman–Crippen MR) is 43.2 cm³/mol. The van der Waals surface area contributed by atoms with Crippen LogP contribution in [0.2, 0.25) is 0 Å². The van der Waals surface area contributed by atoms with Crippen molar-refractivity contribution < 1.29 is 9.90 Å². The summed E-state index contributed by atoms with van der Waals surface area (Å²) in [6.45, 7) is 0. The minimum atomic E-state index is -0.950. The topological polar surface area (TPSA) is 53.1 Å². The van der Waals surface area contributed by atoms with E-state index in [2.05, 4.69) is 36.8 Å². The van der Waals surface area contributed by atoms with Crippen molar-refractivity contribution in [3.05, 3.63) is 20.8 Å². The van der Waals surface area contributed by atoms with Gasteiger partial charge in [0.15, 0.2) is 0 Å². The average molecular weight is 269 g/mol. The molecule has 0 spiro atoms. The van der Waals surface area contributed by atoms with Crippen LogP contribution in [0.5, 0.6) is 0 Å². The van der Waals surface area contributed by atoms with Crippen LogP contribution in [-0.4, -0.2) is 16.1 Å². The van der Waals surface area contributed by atoms with Crippen molar-refractivity contribution in [1.29, 1.82) is 0 Å². The Hall–Kier alpha value is -0.290. The normalized spacial score (nSPS) is 9.80. The Balaban J connectivity index is 3.15. The number of nitrogens with one attached hydrogen (secondary N) is 1. The van der Waals surface area contributed by atoms with Gasteiger partial charge in [0, 0.05) is 0 Å². The molecule has 1 heterocycles. The first kappa shape index (κ1) is 7.81. The van der Waals surface area contributed by atoms with Gasteiger partial charge < -0.3 is 10.1 Å². The molecule has 0 aliphatic heterocycles. The molecule has 10 heavy (non-hydrogen) atoms. The Bertz CT molecular complexity index is 269. The number of aromatic amines is 1. The Morgan fingerprint density at radius 2 is 2.20 bits per heavy atom. The number of hydrogen-bond acceptors (Lipinski definition) is 1. The molecule has 1 aromatic heterocycles. The minimum Gasteiger partial charge on any atom is -0.478 e. The summed E-state index contributed by atoms with van der Waals surface area (Å²) in [6, 6.07) is 1.49. The number of halogens is 2. The fourth-order valence-electron chi connectivity index (χ4n) is 0.554. The molecule has 0 atom stereocenters. The summed E-state index contributed by atoms with van der Waals surface area (Å²) >= 11 is 6.15. The Morgan fingerprint density at radius 1 is 1.60 bits per heavy atom. The second kappa shape index (κ2) is 2.75. The summed E-state index contributed by atoms with van der Waals surface area (Å²) in [5.74, 6) is -0.950. The summed E-state index contributed by atoms with van der Waals surface area (Å²) in [5, 5.41) is 8.51. The van der Waals surface area contributed by atoms with Crippen LogP contribution in [-0.2, 0) is 0 Å². The van der Waals surface area contributed by atoms with E-state index in [0.29, 0.717) is 9.21 Å². The number of aromatic nitrogens is 1. The van der Waals surface area contributed by atoms with Gasteiger partial charge in [0.05, 0.1) is 14.8 Å². The molecular formula is C5H3Br2NO2. The van der Waals surface area contributed by atoms with Crippen LogP contribution in [0.15, 0.2) is 15.3 Å². The van der Waals surface area contributed by atoms with Crippen molar-refractivity contribution in [3.63, 3.8) is 0 Å². The van der Waals surface area contributed by atoms with Gasteiger partial charge in [-0.05, 0) is 37.9 Å². The Morgan fingerprint density at radius 3 is 2.40 bits per heavy atom. The van der Waals surface area contributed by atoms with E-state index in [1.54, 1.807) is 0 Å². The highest BCUT2D eigenvalue weighted by Gasteiger charge is 2.10. The molecule has 0 bridgehead atoms. The van der Waals surface area contributed by atoms with E-state index in [4.69, 9.17) is 5.11 Å². The van der Waals surface area contributed by atoms with Crippen LogP contribution in [0.25, 0.3) is 0 Å². The molecule has 1 aromatic rings. The van der Waals surface area contributed by atoms with Crippen molar-refractivity contribution in [2.45, 2.75) is 0 Å². The lowest BCUT2D eigenvalue weighted by atomic mass is 10.4. The van der Waals surface area contributed by atoms with Gasteiger partial charge in [0.1, 0.15) is 0 Å². The maximum Gasteiger partial charge on any atom is 0.338 e. The third kappa shape index (κ3) is 1.41. The molecule has 0 aliphatic carbocycles. The molecule has 54 valence electrons. The van der Waals surface area contributed by atoms with E-state index in [0.717, 1.165) is 0 Å². The van der Waals surface area contributed by atoms with Crippen molar-refractivity contribution in [2.75, 3.05) is 0 Å². The number of hydrogen-bond donors (Lipinski definition) is 2. The van der Waals surface area contributed by atoms with Crippen molar-refractivity contribution in [3.8, 4) is 0 Å². The molecule has 0 fully saturated rings. The SMILES string of the molecule is O=C(O)c1cc(Br)[nH]c1Br. The van der Waals surface area contributed by atoms with Gasteiger partial charge >= 0.3 is 5.97 Å². The number of carboxylic acids is 1. The fraction of sp³-hybridized carbons (Fsp3) is 0. The lowest BCUT2D eigenvalue weighted by Crippen LogP contribution is -1.93. The van der Waals surface area contributed by atoms with Gasteiger partial charge in [-0.3, -0.25) is 0 Å². The lowest BCUT2D eigenvalue weighted by Gasteiger charge is -1.85. The van der Waals surface area contributed by atoms with Crippen molar-refractivity contribution in [1.82, 2.24) is 4.98 Å². The van der Waals surface area contributed by atoms with E-state index >= 15 is 0 Å². The van der Waals surface area contributed by atoms with E-state index in [1.165, 1.54) is 6.07 Å². The van der Waals surface area contributed by atoms with Crippen LogP contribution in [0.4, 0.5) is 0 Å². The van der Waals surface area contributed by atoms with E-state index in [1.807, 2.05) is 0 Å². The predicted octanol–water partition coefficient (Wildman–Crippen LogP) is 2.24. The molecule has 0 amide bonds.